The maximum absolute atomic E-state index is 13.2. The molecule has 4 rings (SSSR count). The molecule has 10 heteroatoms. The first-order valence-corrected chi connectivity index (χ1v) is 12.0. The molecule has 10 nitrogen and oxygen atoms in total. The molecule has 0 saturated heterocycles. The van der Waals surface area contributed by atoms with Crippen LogP contribution in [-0.4, -0.2) is 67.5 Å². The summed E-state index contributed by atoms with van der Waals surface area (Å²) in [5, 5.41) is 5.22. The monoisotopic (exact) mass is 493 g/mol. The largest absolute Gasteiger partial charge is 0.444 e. The van der Waals surface area contributed by atoms with Crippen molar-refractivity contribution in [2.24, 2.45) is 0 Å². The number of amides is 5. The number of carbonyl (C=O) groups is 4. The molecule has 5 amide bonds. The second-order valence-electron chi connectivity index (χ2n) is 8.94. The Morgan fingerprint density at radius 1 is 1.00 bits per heavy atom. The average molecular weight is 494 g/mol. The van der Waals surface area contributed by atoms with Crippen LogP contribution >= 0.6 is 0 Å². The summed E-state index contributed by atoms with van der Waals surface area (Å²) in [7, 11) is 3.51. The zero-order valence-electron chi connectivity index (χ0n) is 20.6. The fraction of sp³-hybridized carbons (Fsp3) is 0.385. The highest BCUT2D eigenvalue weighted by molar-refractivity contribution is 5.96. The molecule has 0 bridgehead atoms. The molecule has 2 aliphatic rings. The Labute approximate surface area is 210 Å². The number of rotatable bonds is 3. The molecule has 0 aliphatic carbocycles. The van der Waals surface area contributed by atoms with Crippen LogP contribution in [0.15, 0.2) is 42.5 Å². The van der Waals surface area contributed by atoms with E-state index in [-0.39, 0.29) is 31.5 Å². The van der Waals surface area contributed by atoms with Crippen molar-refractivity contribution in [3.8, 4) is 0 Å². The van der Waals surface area contributed by atoms with Gasteiger partial charge in [-0.15, -0.1) is 0 Å². The number of hydrogen-bond acceptors (Lipinski definition) is 6. The quantitative estimate of drug-likeness (QED) is 0.680. The summed E-state index contributed by atoms with van der Waals surface area (Å²) >= 11 is 0. The molecule has 2 N–H and O–H groups in total. The maximum Gasteiger partial charge on any atom is 0.417 e. The van der Waals surface area contributed by atoms with Gasteiger partial charge >= 0.3 is 12.1 Å². The van der Waals surface area contributed by atoms with Crippen LogP contribution in [0.1, 0.15) is 29.5 Å². The molecular weight excluding hydrogens is 462 g/mol. The number of hydrogen-bond donors (Lipinski definition) is 2. The van der Waals surface area contributed by atoms with Gasteiger partial charge in [-0.05, 0) is 47.7 Å². The Morgan fingerprint density at radius 2 is 1.81 bits per heavy atom. The summed E-state index contributed by atoms with van der Waals surface area (Å²) in [6, 6.07) is 12.9. The lowest BCUT2D eigenvalue weighted by molar-refractivity contribution is -0.139. The lowest BCUT2D eigenvalue weighted by Gasteiger charge is -2.26. The minimum absolute atomic E-state index is 0.0335. The van der Waals surface area contributed by atoms with Gasteiger partial charge in [-0.3, -0.25) is 9.59 Å². The van der Waals surface area contributed by atoms with Crippen molar-refractivity contribution in [2.45, 2.75) is 32.4 Å². The topological polar surface area (TPSA) is 111 Å². The van der Waals surface area contributed by atoms with Crippen LogP contribution in [0.2, 0.25) is 0 Å². The SMILES string of the molecule is CNC(=O)Nc1ccc2c(c1)CCCC(=O)N(CC(=O)N1CCN(C)c3ccccc3C1)C(=O)OC2. The summed E-state index contributed by atoms with van der Waals surface area (Å²) < 4.78 is 5.44. The Hall–Kier alpha value is -4.08. The third-order valence-corrected chi connectivity index (χ3v) is 6.52. The van der Waals surface area contributed by atoms with E-state index in [0.29, 0.717) is 38.2 Å². The number of benzene rings is 2. The number of imide groups is 1. The second-order valence-corrected chi connectivity index (χ2v) is 8.94. The van der Waals surface area contributed by atoms with E-state index in [1.54, 1.807) is 17.0 Å². The van der Waals surface area contributed by atoms with Crippen molar-refractivity contribution in [1.29, 1.82) is 0 Å². The van der Waals surface area contributed by atoms with E-state index in [0.717, 1.165) is 27.3 Å². The van der Waals surface area contributed by atoms with Gasteiger partial charge in [0.05, 0.1) is 0 Å². The Bertz CT molecular complexity index is 1170. The van der Waals surface area contributed by atoms with Crippen LogP contribution in [0.25, 0.3) is 0 Å². The third-order valence-electron chi connectivity index (χ3n) is 6.52. The molecule has 2 aliphatic heterocycles. The molecule has 0 radical (unpaired) electrons. The standard InChI is InChI=1S/C26H31N5O5/c1-27-25(34)28-21-11-10-20-17-36-26(35)31(23(32)9-5-7-18(20)14-21)16-24(33)30-13-12-29(2)22-8-4-3-6-19(22)15-30/h3-4,6,8,10-11,14H,5,7,9,12-13,15-17H2,1-2H3,(H2,27,28,34). The minimum atomic E-state index is -0.832. The van der Waals surface area contributed by atoms with Crippen molar-refractivity contribution in [1.82, 2.24) is 15.1 Å². The Kier molecular flexibility index (Phi) is 7.72. The first-order valence-electron chi connectivity index (χ1n) is 12.0. The zero-order chi connectivity index (χ0) is 25.7. The van der Waals surface area contributed by atoms with E-state index in [1.165, 1.54) is 7.05 Å². The van der Waals surface area contributed by atoms with Crippen molar-refractivity contribution < 1.29 is 23.9 Å². The molecule has 2 heterocycles. The van der Waals surface area contributed by atoms with Gasteiger partial charge < -0.3 is 25.2 Å². The van der Waals surface area contributed by atoms with Gasteiger partial charge in [-0.2, -0.15) is 0 Å². The molecule has 190 valence electrons. The molecule has 0 atom stereocenters. The number of ether oxygens (including phenoxy) is 1. The zero-order valence-corrected chi connectivity index (χ0v) is 20.6. The van der Waals surface area contributed by atoms with Crippen molar-refractivity contribution >= 4 is 35.3 Å². The van der Waals surface area contributed by atoms with Crippen LogP contribution in [0, 0.1) is 0 Å². The number of likely N-dealkylation sites (N-methyl/N-ethyl adjacent to an activating group) is 1. The first kappa shape index (κ1) is 25.0. The number of fused-ring (bicyclic) bond motifs is 2. The first-order chi connectivity index (χ1) is 17.4. The summed E-state index contributed by atoms with van der Waals surface area (Å²) in [6.07, 6.45) is 0.329. The summed E-state index contributed by atoms with van der Waals surface area (Å²) in [5.41, 5.74) is 4.37. The number of nitrogens with one attached hydrogen (secondary N) is 2. The van der Waals surface area contributed by atoms with Crippen molar-refractivity contribution in [2.75, 3.05) is 43.9 Å². The highest BCUT2D eigenvalue weighted by Gasteiger charge is 2.30. The van der Waals surface area contributed by atoms with Gasteiger partial charge in [-0.1, -0.05) is 24.3 Å². The molecule has 0 spiro atoms. The van der Waals surface area contributed by atoms with Gasteiger partial charge in [-0.25, -0.2) is 14.5 Å². The van der Waals surface area contributed by atoms with Crippen molar-refractivity contribution in [3.05, 3.63) is 59.2 Å². The van der Waals surface area contributed by atoms with Crippen LogP contribution in [0.3, 0.4) is 0 Å². The molecule has 2 aromatic carbocycles. The number of urea groups is 1. The number of cyclic esters (lactones) is 1. The van der Waals surface area contributed by atoms with Gasteiger partial charge in [0, 0.05) is 51.5 Å². The van der Waals surface area contributed by atoms with Crippen molar-refractivity contribution in [3.63, 3.8) is 0 Å². The molecule has 0 unspecified atom stereocenters. The second kappa shape index (κ2) is 11.1. The molecule has 2 aromatic rings. The predicted molar refractivity (Wildman–Crippen MR) is 134 cm³/mol. The molecule has 0 aromatic heterocycles. The van der Waals surface area contributed by atoms with Gasteiger partial charge in [0.1, 0.15) is 13.2 Å². The molecule has 36 heavy (non-hydrogen) atoms. The highest BCUT2D eigenvalue weighted by Crippen LogP contribution is 2.24. The molecular formula is C26H31N5O5. The van der Waals surface area contributed by atoms with Crippen LogP contribution < -0.4 is 15.5 Å². The fourth-order valence-corrected chi connectivity index (χ4v) is 4.45. The molecule has 0 fully saturated rings. The highest BCUT2D eigenvalue weighted by atomic mass is 16.6. The Morgan fingerprint density at radius 3 is 2.61 bits per heavy atom. The van der Waals surface area contributed by atoms with Crippen LogP contribution in [0.4, 0.5) is 21.0 Å². The number of anilines is 2. The minimum Gasteiger partial charge on any atom is -0.444 e. The third kappa shape index (κ3) is 5.76. The van der Waals surface area contributed by atoms with E-state index >= 15 is 0 Å². The fourth-order valence-electron chi connectivity index (χ4n) is 4.45. The average Bonchev–Trinajstić information content (AvgIpc) is 3.05. The van der Waals surface area contributed by atoms with Crippen LogP contribution in [0.5, 0.6) is 0 Å². The number of aryl methyl sites for hydroxylation is 1. The van der Waals surface area contributed by atoms with Gasteiger partial charge in [0.2, 0.25) is 11.8 Å². The van der Waals surface area contributed by atoms with E-state index < -0.39 is 12.0 Å². The van der Waals surface area contributed by atoms with E-state index in [2.05, 4.69) is 15.5 Å². The normalized spacial score (nSPS) is 16.3. The Balaban J connectivity index is 1.45. The summed E-state index contributed by atoms with van der Waals surface area (Å²) in [5.74, 6) is -0.739. The van der Waals surface area contributed by atoms with Gasteiger partial charge in [0.15, 0.2) is 0 Å². The lowest BCUT2D eigenvalue weighted by atomic mass is 10.0. The summed E-state index contributed by atoms with van der Waals surface area (Å²) in [6.45, 7) is 1.16. The maximum atomic E-state index is 13.2. The van der Waals surface area contributed by atoms with E-state index in [1.807, 2.05) is 37.4 Å². The molecule has 0 saturated carbocycles. The summed E-state index contributed by atoms with van der Waals surface area (Å²) in [4.78, 5) is 55.3. The van der Waals surface area contributed by atoms with E-state index in [9.17, 15) is 19.2 Å². The lowest BCUT2D eigenvalue weighted by Crippen LogP contribution is -2.46. The number of nitrogens with zero attached hydrogens (tertiary/aromatic N) is 3. The number of carbonyl (C=O) groups excluding carboxylic acids is 4. The van der Waals surface area contributed by atoms with E-state index in [4.69, 9.17) is 4.74 Å². The predicted octanol–water partition coefficient (Wildman–Crippen LogP) is 2.72. The number of para-hydroxylation sites is 1. The van der Waals surface area contributed by atoms with Crippen LogP contribution in [-0.2, 0) is 33.9 Å². The van der Waals surface area contributed by atoms with Gasteiger partial charge in [0.25, 0.3) is 0 Å². The smallest absolute Gasteiger partial charge is 0.417 e.